The van der Waals surface area contributed by atoms with E-state index in [4.69, 9.17) is 4.99 Å². The molecule has 4 aromatic carbocycles. The van der Waals surface area contributed by atoms with E-state index in [9.17, 15) is 9.59 Å². The minimum absolute atomic E-state index is 0.119. The van der Waals surface area contributed by atoms with Gasteiger partial charge in [0.1, 0.15) is 0 Å². The van der Waals surface area contributed by atoms with Crippen molar-refractivity contribution in [2.24, 2.45) is 16.8 Å². The second-order valence-electron chi connectivity index (χ2n) is 9.83. The molecule has 3 aliphatic carbocycles. The number of amides is 2. The predicted octanol–water partition coefficient (Wildman–Crippen LogP) is 5.51. The number of nitrogens with zero attached hydrogens (tertiary/aromatic N) is 2. The number of rotatable bonds is 4. The molecule has 4 aliphatic rings. The Morgan fingerprint density at radius 3 is 1.89 bits per heavy atom. The summed E-state index contributed by atoms with van der Waals surface area (Å²) in [5, 5.41) is 0. The van der Waals surface area contributed by atoms with E-state index in [0.29, 0.717) is 12.2 Å². The highest BCUT2D eigenvalue weighted by atomic mass is 16.2. The van der Waals surface area contributed by atoms with Gasteiger partial charge in [0.05, 0.1) is 29.5 Å². The van der Waals surface area contributed by atoms with Gasteiger partial charge in [0.2, 0.25) is 11.8 Å². The molecule has 1 heterocycles. The van der Waals surface area contributed by atoms with Crippen LogP contribution in [0, 0.1) is 11.8 Å². The first kappa shape index (κ1) is 21.0. The van der Waals surface area contributed by atoms with E-state index in [0.717, 1.165) is 27.8 Å². The minimum Gasteiger partial charge on any atom is -0.291 e. The minimum atomic E-state index is -0.808. The molecule has 1 fully saturated rings. The summed E-state index contributed by atoms with van der Waals surface area (Å²) in [6, 6.07) is 36.0. The van der Waals surface area contributed by atoms with Gasteiger partial charge in [0.25, 0.3) is 0 Å². The van der Waals surface area contributed by atoms with Crippen molar-refractivity contribution in [1.82, 2.24) is 0 Å². The van der Waals surface area contributed by atoms with E-state index >= 15 is 0 Å². The zero-order chi connectivity index (χ0) is 24.3. The summed E-state index contributed by atoms with van der Waals surface area (Å²) in [6.45, 7) is 0.512. The highest BCUT2D eigenvalue weighted by Crippen LogP contribution is 2.63. The topological polar surface area (TPSA) is 49.7 Å². The maximum Gasteiger partial charge on any atom is 0.239 e. The maximum absolute atomic E-state index is 14.2. The van der Waals surface area contributed by atoms with Crippen molar-refractivity contribution in [3.05, 3.63) is 137 Å². The third kappa shape index (κ3) is 2.73. The Morgan fingerprint density at radius 1 is 0.694 bits per heavy atom. The van der Waals surface area contributed by atoms with Crippen molar-refractivity contribution >= 4 is 23.7 Å². The third-order valence-corrected chi connectivity index (χ3v) is 8.11. The predicted molar refractivity (Wildman–Crippen MR) is 140 cm³/mol. The molecule has 0 N–H and O–H groups in total. The van der Waals surface area contributed by atoms with E-state index in [-0.39, 0.29) is 17.7 Å². The number of carbonyl (C=O) groups excluding carboxylic acids is 2. The average Bonchev–Trinajstić information content (AvgIpc) is 3.21. The van der Waals surface area contributed by atoms with Gasteiger partial charge in [-0.2, -0.15) is 0 Å². The third-order valence-electron chi connectivity index (χ3n) is 8.11. The van der Waals surface area contributed by atoms with Gasteiger partial charge in [0, 0.05) is 12.1 Å². The van der Waals surface area contributed by atoms with Gasteiger partial charge in [-0.3, -0.25) is 14.6 Å². The molecule has 0 spiro atoms. The van der Waals surface area contributed by atoms with Crippen LogP contribution in [0.4, 0.5) is 5.69 Å². The number of benzene rings is 4. The standard InChI is InChI=1S/C32H24N2O2/c35-30-28-27-23-15-7-9-17-25(23)32(26-18-10-8-16-24(26)27,20-33-19-21-11-3-1-4-12-21)29(28)31(36)34(30)22-13-5-2-6-14-22/h1-18,20,27-29H,19H2/t27?,28-,29+,32?/m1/s1. The second-order valence-corrected chi connectivity index (χ2v) is 9.83. The molecular formula is C32H24N2O2. The molecule has 0 radical (unpaired) electrons. The number of anilines is 1. The summed E-state index contributed by atoms with van der Waals surface area (Å²) < 4.78 is 0. The van der Waals surface area contributed by atoms with E-state index in [2.05, 4.69) is 36.4 Å². The lowest BCUT2D eigenvalue weighted by atomic mass is 9.47. The molecule has 36 heavy (non-hydrogen) atoms. The summed E-state index contributed by atoms with van der Waals surface area (Å²) in [5.41, 5.74) is 5.35. The largest absolute Gasteiger partial charge is 0.291 e. The monoisotopic (exact) mass is 468 g/mol. The lowest BCUT2D eigenvalue weighted by Crippen LogP contribution is -2.54. The Morgan fingerprint density at radius 2 is 1.25 bits per heavy atom. The van der Waals surface area contributed by atoms with Crippen LogP contribution in [0.2, 0.25) is 0 Å². The Kier molecular flexibility index (Phi) is 4.58. The SMILES string of the molecule is O=C1[C@@H]2C3c4ccccc4C(C=NCc4ccccc4)(c4ccccc43)[C@@H]2C(=O)N1c1ccccc1. The Labute approximate surface area is 209 Å². The van der Waals surface area contributed by atoms with Crippen molar-refractivity contribution in [2.75, 3.05) is 4.90 Å². The number of aliphatic imine (C=N–C) groups is 1. The fourth-order valence-corrected chi connectivity index (χ4v) is 6.76. The van der Waals surface area contributed by atoms with Gasteiger partial charge in [-0.15, -0.1) is 0 Å². The molecule has 0 saturated carbocycles. The average molecular weight is 469 g/mol. The van der Waals surface area contributed by atoms with E-state index in [1.54, 1.807) is 0 Å². The number of imide groups is 1. The van der Waals surface area contributed by atoms with Crippen LogP contribution in [-0.4, -0.2) is 18.0 Å². The molecule has 4 nitrogen and oxygen atoms in total. The van der Waals surface area contributed by atoms with Crippen LogP contribution in [0.5, 0.6) is 0 Å². The number of carbonyl (C=O) groups is 2. The summed E-state index contributed by atoms with van der Waals surface area (Å²) in [7, 11) is 0. The Bertz CT molecular complexity index is 1480. The molecule has 2 bridgehead atoms. The Balaban J connectivity index is 1.47. The van der Waals surface area contributed by atoms with Crippen LogP contribution in [0.25, 0.3) is 0 Å². The van der Waals surface area contributed by atoms with Crippen molar-refractivity contribution in [3.63, 3.8) is 0 Å². The zero-order valence-electron chi connectivity index (χ0n) is 19.6. The first-order chi connectivity index (χ1) is 17.7. The van der Waals surface area contributed by atoms with E-state index in [1.165, 1.54) is 4.90 Å². The van der Waals surface area contributed by atoms with Crippen LogP contribution >= 0.6 is 0 Å². The van der Waals surface area contributed by atoms with Gasteiger partial charge >= 0.3 is 0 Å². The van der Waals surface area contributed by atoms with Gasteiger partial charge in [-0.25, -0.2) is 4.90 Å². The lowest BCUT2D eigenvalue weighted by Gasteiger charge is -2.52. The van der Waals surface area contributed by atoms with E-state index < -0.39 is 17.3 Å². The fourth-order valence-electron chi connectivity index (χ4n) is 6.76. The normalized spacial score (nSPS) is 25.7. The van der Waals surface area contributed by atoms with Crippen molar-refractivity contribution < 1.29 is 9.59 Å². The number of para-hydroxylation sites is 1. The van der Waals surface area contributed by atoms with Crippen molar-refractivity contribution in [3.8, 4) is 0 Å². The molecule has 174 valence electrons. The molecule has 4 aromatic rings. The molecule has 1 aliphatic heterocycles. The van der Waals surface area contributed by atoms with Crippen LogP contribution in [0.1, 0.15) is 33.7 Å². The van der Waals surface area contributed by atoms with Crippen molar-refractivity contribution in [1.29, 1.82) is 0 Å². The molecule has 2 atom stereocenters. The van der Waals surface area contributed by atoms with Gasteiger partial charge in [-0.05, 0) is 39.9 Å². The summed E-state index contributed by atoms with van der Waals surface area (Å²) >= 11 is 0. The van der Waals surface area contributed by atoms with Crippen molar-refractivity contribution in [2.45, 2.75) is 17.9 Å². The highest BCUT2D eigenvalue weighted by Gasteiger charge is 2.67. The van der Waals surface area contributed by atoms with Crippen LogP contribution in [0.3, 0.4) is 0 Å². The highest BCUT2D eigenvalue weighted by molar-refractivity contribution is 6.25. The van der Waals surface area contributed by atoms with Crippen LogP contribution < -0.4 is 4.90 Å². The molecule has 4 heteroatoms. The van der Waals surface area contributed by atoms with Gasteiger partial charge in [-0.1, -0.05) is 97.1 Å². The molecular weight excluding hydrogens is 444 g/mol. The number of hydrogen-bond donors (Lipinski definition) is 0. The summed E-state index contributed by atoms with van der Waals surface area (Å²) in [5.74, 6) is -1.43. The zero-order valence-corrected chi connectivity index (χ0v) is 19.6. The molecule has 0 unspecified atom stereocenters. The molecule has 1 saturated heterocycles. The fraction of sp³-hybridized carbons (Fsp3) is 0.156. The molecule has 0 aromatic heterocycles. The summed E-state index contributed by atoms with van der Waals surface area (Å²) in [4.78, 5) is 34.7. The Hall–Kier alpha value is -4.31. The van der Waals surface area contributed by atoms with Crippen LogP contribution in [0.15, 0.2) is 114 Å². The van der Waals surface area contributed by atoms with Crippen LogP contribution in [-0.2, 0) is 21.5 Å². The summed E-state index contributed by atoms with van der Waals surface area (Å²) in [6.07, 6.45) is 1.98. The first-order valence-electron chi connectivity index (χ1n) is 12.4. The molecule has 2 amide bonds. The second kappa shape index (κ2) is 7.85. The lowest BCUT2D eigenvalue weighted by molar-refractivity contribution is -0.122. The smallest absolute Gasteiger partial charge is 0.239 e. The maximum atomic E-state index is 14.2. The first-order valence-corrected chi connectivity index (χ1v) is 12.4. The van der Waals surface area contributed by atoms with E-state index in [1.807, 2.05) is 79.0 Å². The number of hydrogen-bond acceptors (Lipinski definition) is 3. The quantitative estimate of drug-likeness (QED) is 0.293. The molecule has 8 rings (SSSR count). The van der Waals surface area contributed by atoms with Gasteiger partial charge in [0.15, 0.2) is 0 Å². The van der Waals surface area contributed by atoms with Gasteiger partial charge < -0.3 is 0 Å².